The zero-order valence-electron chi connectivity index (χ0n) is 15.2. The average molecular weight is 363 g/mol. The molecule has 1 aromatic carbocycles. The Labute approximate surface area is 153 Å². The van der Waals surface area contributed by atoms with Gasteiger partial charge in [-0.25, -0.2) is 4.39 Å². The Morgan fingerprint density at radius 2 is 2.15 bits per heavy atom. The summed E-state index contributed by atoms with van der Waals surface area (Å²) in [6.07, 6.45) is 2.83. The quantitative estimate of drug-likeness (QED) is 0.832. The van der Waals surface area contributed by atoms with Crippen LogP contribution in [0.3, 0.4) is 0 Å². The van der Waals surface area contributed by atoms with Crippen molar-refractivity contribution in [3.05, 3.63) is 29.6 Å². The Hall–Kier alpha value is -2.15. The maximum absolute atomic E-state index is 14.1. The number of piperidine rings is 1. The number of nitrogens with two attached hydrogens (primary N) is 1. The minimum absolute atomic E-state index is 0.0903. The molecule has 0 aromatic heterocycles. The number of primary amides is 1. The third kappa shape index (κ3) is 3.82. The highest BCUT2D eigenvalue weighted by atomic mass is 19.1. The van der Waals surface area contributed by atoms with Gasteiger partial charge in [-0.05, 0) is 44.0 Å². The van der Waals surface area contributed by atoms with Crippen LogP contribution >= 0.6 is 0 Å². The fraction of sp³-hybridized carbons (Fsp3) is 0.579. The number of nitrogens with zero attached hydrogens (tertiary/aromatic N) is 2. The van der Waals surface area contributed by atoms with E-state index in [4.69, 9.17) is 10.5 Å². The van der Waals surface area contributed by atoms with Gasteiger partial charge in [0.1, 0.15) is 11.6 Å². The second-order valence-electron chi connectivity index (χ2n) is 7.31. The van der Waals surface area contributed by atoms with Gasteiger partial charge in [0, 0.05) is 38.2 Å². The lowest BCUT2D eigenvalue weighted by Gasteiger charge is -2.39. The highest BCUT2D eigenvalue weighted by molar-refractivity contribution is 5.84. The summed E-state index contributed by atoms with van der Waals surface area (Å²) >= 11 is 0. The first-order valence-corrected chi connectivity index (χ1v) is 9.06. The molecule has 1 aromatic rings. The molecule has 0 aliphatic carbocycles. The number of halogens is 1. The van der Waals surface area contributed by atoms with Crippen LogP contribution in [0.15, 0.2) is 18.2 Å². The molecule has 0 radical (unpaired) electrons. The molecule has 2 fully saturated rings. The Bertz CT molecular complexity index is 697. The minimum Gasteiger partial charge on any atom is -0.497 e. The molecule has 2 amide bonds. The molecule has 0 saturated carbocycles. The van der Waals surface area contributed by atoms with Crippen LogP contribution in [0, 0.1) is 11.2 Å². The second-order valence-corrected chi connectivity index (χ2v) is 7.31. The number of benzene rings is 1. The standard InChI is InChI=1S/C19H26FN3O3/c1-26-15-3-4-16(20)14(11-15)12-23-8-2-6-19(18(23)25)7-10-22(13-19)9-5-17(21)24/h3-4,11H,2,5-10,12-13H2,1H3,(H2,21,24). The zero-order valence-corrected chi connectivity index (χ0v) is 15.2. The zero-order chi connectivity index (χ0) is 18.7. The average Bonchev–Trinajstić information content (AvgIpc) is 3.03. The van der Waals surface area contributed by atoms with Gasteiger partial charge in [-0.1, -0.05) is 0 Å². The van der Waals surface area contributed by atoms with E-state index in [-0.39, 0.29) is 24.2 Å². The van der Waals surface area contributed by atoms with Crippen LogP contribution in [-0.2, 0) is 16.1 Å². The van der Waals surface area contributed by atoms with E-state index in [0.29, 0.717) is 37.4 Å². The van der Waals surface area contributed by atoms with E-state index < -0.39 is 5.41 Å². The summed E-state index contributed by atoms with van der Waals surface area (Å²) in [5.41, 5.74) is 5.29. The van der Waals surface area contributed by atoms with Crippen molar-refractivity contribution >= 4 is 11.8 Å². The van der Waals surface area contributed by atoms with Crippen LogP contribution in [0.5, 0.6) is 5.75 Å². The predicted octanol–water partition coefficient (Wildman–Crippen LogP) is 1.52. The number of amides is 2. The van der Waals surface area contributed by atoms with Crippen molar-refractivity contribution in [1.82, 2.24) is 9.80 Å². The van der Waals surface area contributed by atoms with Gasteiger partial charge in [0.05, 0.1) is 12.5 Å². The van der Waals surface area contributed by atoms with E-state index in [2.05, 4.69) is 4.90 Å². The molecule has 142 valence electrons. The molecule has 1 atom stereocenters. The maximum Gasteiger partial charge on any atom is 0.230 e. The van der Waals surface area contributed by atoms with Crippen LogP contribution in [0.1, 0.15) is 31.2 Å². The Kier molecular flexibility index (Phi) is 5.46. The third-order valence-electron chi connectivity index (χ3n) is 5.55. The molecule has 2 aliphatic heterocycles. The first-order valence-electron chi connectivity index (χ1n) is 9.06. The first kappa shape index (κ1) is 18.6. The van der Waals surface area contributed by atoms with Crippen LogP contribution < -0.4 is 10.5 Å². The van der Waals surface area contributed by atoms with Crippen LogP contribution in [-0.4, -0.2) is 54.9 Å². The molecular weight excluding hydrogens is 337 g/mol. The highest BCUT2D eigenvalue weighted by Gasteiger charge is 2.48. The number of hydrogen-bond acceptors (Lipinski definition) is 4. The summed E-state index contributed by atoms with van der Waals surface area (Å²) in [6.45, 7) is 2.93. The number of hydrogen-bond donors (Lipinski definition) is 1. The molecule has 2 saturated heterocycles. The molecular formula is C19H26FN3O3. The van der Waals surface area contributed by atoms with Crippen LogP contribution in [0.2, 0.25) is 0 Å². The molecule has 0 bridgehead atoms. The van der Waals surface area contributed by atoms with Gasteiger partial charge in [0.2, 0.25) is 11.8 Å². The van der Waals surface area contributed by atoms with E-state index in [9.17, 15) is 14.0 Å². The molecule has 26 heavy (non-hydrogen) atoms. The summed E-state index contributed by atoms with van der Waals surface area (Å²) in [5, 5.41) is 0. The van der Waals surface area contributed by atoms with Crippen molar-refractivity contribution in [1.29, 1.82) is 0 Å². The SMILES string of the molecule is COc1ccc(F)c(CN2CCCC3(CCN(CCC(N)=O)C3)C2=O)c1. The van der Waals surface area contributed by atoms with Crippen LogP contribution in [0.4, 0.5) is 4.39 Å². The van der Waals surface area contributed by atoms with Crippen molar-refractivity contribution in [2.45, 2.75) is 32.2 Å². The van der Waals surface area contributed by atoms with Gasteiger partial charge in [-0.2, -0.15) is 0 Å². The van der Waals surface area contributed by atoms with Crippen molar-refractivity contribution in [3.63, 3.8) is 0 Å². The Morgan fingerprint density at radius 1 is 1.35 bits per heavy atom. The van der Waals surface area contributed by atoms with Crippen molar-refractivity contribution < 1.29 is 18.7 Å². The summed E-state index contributed by atoms with van der Waals surface area (Å²) in [6, 6.07) is 4.60. The number of carbonyl (C=O) groups is 2. The van der Waals surface area contributed by atoms with E-state index >= 15 is 0 Å². The van der Waals surface area contributed by atoms with Crippen LogP contribution in [0.25, 0.3) is 0 Å². The maximum atomic E-state index is 14.1. The van der Waals surface area contributed by atoms with Gasteiger partial charge >= 0.3 is 0 Å². The van der Waals surface area contributed by atoms with E-state index in [1.54, 1.807) is 17.0 Å². The first-order chi connectivity index (χ1) is 12.4. The van der Waals surface area contributed by atoms with Gasteiger partial charge in [0.25, 0.3) is 0 Å². The number of rotatable bonds is 6. The van der Waals surface area contributed by atoms with Gasteiger partial charge < -0.3 is 20.3 Å². The Balaban J connectivity index is 1.69. The number of methoxy groups -OCH3 is 1. The van der Waals surface area contributed by atoms with E-state index in [1.165, 1.54) is 13.2 Å². The lowest BCUT2D eigenvalue weighted by Crippen LogP contribution is -2.49. The van der Waals surface area contributed by atoms with Gasteiger partial charge in [-0.15, -0.1) is 0 Å². The largest absolute Gasteiger partial charge is 0.497 e. The van der Waals surface area contributed by atoms with Crippen molar-refractivity contribution in [2.75, 3.05) is 33.3 Å². The van der Waals surface area contributed by atoms with Crippen molar-refractivity contribution in [3.8, 4) is 5.75 Å². The summed E-state index contributed by atoms with van der Waals surface area (Å²) in [7, 11) is 1.54. The molecule has 1 spiro atoms. The molecule has 2 aliphatic rings. The lowest BCUT2D eigenvalue weighted by atomic mass is 9.78. The van der Waals surface area contributed by atoms with Gasteiger partial charge in [0.15, 0.2) is 0 Å². The van der Waals surface area contributed by atoms with E-state index in [0.717, 1.165) is 25.8 Å². The summed E-state index contributed by atoms with van der Waals surface area (Å²) < 4.78 is 19.3. The molecule has 3 rings (SSSR count). The second kappa shape index (κ2) is 7.61. The summed E-state index contributed by atoms with van der Waals surface area (Å²) in [4.78, 5) is 28.1. The Morgan fingerprint density at radius 3 is 2.88 bits per heavy atom. The minimum atomic E-state index is -0.411. The van der Waals surface area contributed by atoms with E-state index in [1.807, 2.05) is 0 Å². The predicted molar refractivity (Wildman–Crippen MR) is 94.9 cm³/mol. The smallest absolute Gasteiger partial charge is 0.230 e. The normalized spacial score (nSPS) is 23.6. The number of carbonyl (C=O) groups excluding carboxylic acids is 2. The highest BCUT2D eigenvalue weighted by Crippen LogP contribution is 2.40. The molecule has 2 heterocycles. The van der Waals surface area contributed by atoms with Gasteiger partial charge in [-0.3, -0.25) is 9.59 Å². The fourth-order valence-electron chi connectivity index (χ4n) is 4.10. The molecule has 6 nitrogen and oxygen atoms in total. The molecule has 7 heteroatoms. The fourth-order valence-corrected chi connectivity index (χ4v) is 4.10. The summed E-state index contributed by atoms with van der Waals surface area (Å²) in [5.74, 6) is 0.0235. The third-order valence-corrected chi connectivity index (χ3v) is 5.55. The topological polar surface area (TPSA) is 75.9 Å². The van der Waals surface area contributed by atoms with Crippen molar-refractivity contribution in [2.24, 2.45) is 11.1 Å². The number of ether oxygens (including phenoxy) is 1. The molecule has 1 unspecified atom stereocenters. The monoisotopic (exact) mass is 363 g/mol. The number of likely N-dealkylation sites (tertiary alicyclic amines) is 2. The molecule has 2 N–H and O–H groups in total. The lowest BCUT2D eigenvalue weighted by molar-refractivity contribution is -0.146.